The summed E-state index contributed by atoms with van der Waals surface area (Å²) in [4.78, 5) is 13.4. The Balaban J connectivity index is 1.28. The third-order valence-corrected chi connectivity index (χ3v) is 8.36. The first-order valence-corrected chi connectivity index (χ1v) is 14.7. The SMILES string of the molecule is CS(=O)(=O)Nc1ccc(-n2cc(-c3cccc(N4CCC(F)(F)CC4)n3)nn2)c(N2CCC3(CC2)CC3)n1. The highest BCUT2D eigenvalue weighted by Crippen LogP contribution is 2.54. The largest absolute Gasteiger partial charge is 0.356 e. The molecule has 3 fully saturated rings. The highest BCUT2D eigenvalue weighted by atomic mass is 32.2. The van der Waals surface area contributed by atoms with Gasteiger partial charge in [0.05, 0.1) is 18.1 Å². The number of anilines is 3. The average Bonchev–Trinajstić information content (AvgIpc) is 3.44. The minimum absolute atomic E-state index is 0.188. The molecule has 10 nitrogen and oxygen atoms in total. The molecule has 0 amide bonds. The zero-order valence-corrected chi connectivity index (χ0v) is 22.0. The van der Waals surface area contributed by atoms with Crippen LogP contribution in [0.2, 0.25) is 0 Å². The highest BCUT2D eigenvalue weighted by Gasteiger charge is 2.45. The molecular formula is C25H30F2N8O2S. The first-order valence-electron chi connectivity index (χ1n) is 12.9. The van der Waals surface area contributed by atoms with Gasteiger partial charge in [-0.15, -0.1) is 5.10 Å². The molecule has 6 rings (SSSR count). The van der Waals surface area contributed by atoms with Crippen molar-refractivity contribution in [2.45, 2.75) is 44.4 Å². The third-order valence-electron chi connectivity index (χ3n) is 7.78. The van der Waals surface area contributed by atoms with Gasteiger partial charge in [-0.1, -0.05) is 11.3 Å². The molecule has 3 aliphatic rings. The maximum atomic E-state index is 13.6. The number of hydrogen-bond acceptors (Lipinski definition) is 8. The van der Waals surface area contributed by atoms with E-state index in [-0.39, 0.29) is 31.7 Å². The summed E-state index contributed by atoms with van der Waals surface area (Å²) in [6.07, 6.45) is 7.19. The lowest BCUT2D eigenvalue weighted by molar-refractivity contribution is -0.0221. The molecule has 3 aromatic rings. The van der Waals surface area contributed by atoms with Crippen LogP contribution in [-0.2, 0) is 10.0 Å². The number of nitrogens with zero attached hydrogens (tertiary/aromatic N) is 7. The predicted molar refractivity (Wildman–Crippen MR) is 140 cm³/mol. The molecule has 38 heavy (non-hydrogen) atoms. The Kier molecular flexibility index (Phi) is 6.00. The maximum Gasteiger partial charge on any atom is 0.251 e. The molecule has 0 radical (unpaired) electrons. The molecule has 0 aromatic carbocycles. The second-order valence-corrected chi connectivity index (χ2v) is 12.4. The van der Waals surface area contributed by atoms with Crippen LogP contribution in [-0.4, -0.2) is 71.7 Å². The topological polar surface area (TPSA) is 109 Å². The van der Waals surface area contributed by atoms with Crippen molar-refractivity contribution in [2.24, 2.45) is 5.41 Å². The van der Waals surface area contributed by atoms with Gasteiger partial charge in [-0.05, 0) is 55.4 Å². The van der Waals surface area contributed by atoms with Gasteiger partial charge in [0.15, 0.2) is 5.82 Å². The summed E-state index contributed by atoms with van der Waals surface area (Å²) in [5, 5.41) is 8.66. The number of alkyl halides is 2. The molecule has 1 saturated carbocycles. The summed E-state index contributed by atoms with van der Waals surface area (Å²) in [7, 11) is -3.48. The van der Waals surface area contributed by atoms with Gasteiger partial charge >= 0.3 is 0 Å². The number of rotatable bonds is 6. The van der Waals surface area contributed by atoms with Gasteiger partial charge in [0.2, 0.25) is 10.0 Å². The first-order chi connectivity index (χ1) is 18.1. The summed E-state index contributed by atoms with van der Waals surface area (Å²) in [6, 6.07) is 8.86. The van der Waals surface area contributed by atoms with Gasteiger partial charge in [-0.25, -0.2) is 31.8 Å². The first kappa shape index (κ1) is 25.0. The molecule has 3 aromatic heterocycles. The number of pyridine rings is 2. The number of aromatic nitrogens is 5. The van der Waals surface area contributed by atoms with Crippen LogP contribution in [0.3, 0.4) is 0 Å². The molecule has 0 unspecified atom stereocenters. The summed E-state index contributed by atoms with van der Waals surface area (Å²) >= 11 is 0. The van der Waals surface area contributed by atoms with E-state index in [0.29, 0.717) is 34.1 Å². The van der Waals surface area contributed by atoms with Crippen molar-refractivity contribution < 1.29 is 17.2 Å². The van der Waals surface area contributed by atoms with Crippen LogP contribution in [0, 0.1) is 5.41 Å². The highest BCUT2D eigenvalue weighted by molar-refractivity contribution is 7.92. The third kappa shape index (κ3) is 5.29. The molecule has 5 heterocycles. The average molecular weight is 545 g/mol. The zero-order valence-electron chi connectivity index (χ0n) is 21.1. The van der Waals surface area contributed by atoms with Crippen LogP contribution in [0.15, 0.2) is 36.5 Å². The maximum absolute atomic E-state index is 13.6. The Morgan fingerprint density at radius 2 is 1.58 bits per heavy atom. The summed E-state index contributed by atoms with van der Waals surface area (Å²) in [6.45, 7) is 2.16. The van der Waals surface area contributed by atoms with Gasteiger partial charge in [0.1, 0.15) is 23.0 Å². The van der Waals surface area contributed by atoms with Gasteiger partial charge < -0.3 is 9.80 Å². The Morgan fingerprint density at radius 1 is 0.868 bits per heavy atom. The minimum Gasteiger partial charge on any atom is -0.356 e. The van der Waals surface area contributed by atoms with Gasteiger partial charge in [0, 0.05) is 39.0 Å². The predicted octanol–water partition coefficient (Wildman–Crippen LogP) is 3.71. The van der Waals surface area contributed by atoms with Gasteiger partial charge in [-0.3, -0.25) is 4.72 Å². The fourth-order valence-corrected chi connectivity index (χ4v) is 5.77. The van der Waals surface area contributed by atoms with E-state index in [1.54, 1.807) is 23.0 Å². The number of hydrogen-bond donors (Lipinski definition) is 1. The van der Waals surface area contributed by atoms with Gasteiger partial charge in [-0.2, -0.15) is 0 Å². The van der Waals surface area contributed by atoms with Gasteiger partial charge in [0.25, 0.3) is 5.92 Å². The molecule has 2 aliphatic heterocycles. The second-order valence-electron chi connectivity index (χ2n) is 10.7. The lowest BCUT2D eigenvalue weighted by Gasteiger charge is -2.34. The lowest BCUT2D eigenvalue weighted by Crippen LogP contribution is -2.39. The summed E-state index contributed by atoms with van der Waals surface area (Å²) in [5.74, 6) is -1.10. The molecule has 0 bridgehead atoms. The van der Waals surface area contributed by atoms with E-state index in [9.17, 15) is 17.2 Å². The van der Waals surface area contributed by atoms with Crippen molar-refractivity contribution in [1.29, 1.82) is 0 Å². The van der Waals surface area contributed by atoms with Crippen LogP contribution in [0.25, 0.3) is 17.1 Å². The Bertz CT molecular complexity index is 1440. The Morgan fingerprint density at radius 3 is 2.26 bits per heavy atom. The van der Waals surface area contributed by atoms with Crippen LogP contribution >= 0.6 is 0 Å². The fraction of sp³-hybridized carbons (Fsp3) is 0.520. The molecule has 0 atom stereocenters. The number of nitrogens with one attached hydrogen (secondary N) is 1. The van der Waals surface area contributed by atoms with Crippen LogP contribution in [0.4, 0.5) is 26.2 Å². The molecule has 2 saturated heterocycles. The normalized spacial score (nSPS) is 20.5. The molecule has 202 valence electrons. The van der Waals surface area contributed by atoms with E-state index >= 15 is 0 Å². The van der Waals surface area contributed by atoms with Crippen molar-refractivity contribution >= 4 is 27.5 Å². The fourth-order valence-electron chi connectivity index (χ4n) is 5.27. The smallest absolute Gasteiger partial charge is 0.251 e. The van der Waals surface area contributed by atoms with Crippen LogP contribution in [0.5, 0.6) is 0 Å². The second kappa shape index (κ2) is 9.14. The monoisotopic (exact) mass is 544 g/mol. The Hall–Kier alpha value is -3.35. The summed E-state index contributed by atoms with van der Waals surface area (Å²) in [5.41, 5.74) is 2.28. The molecule has 13 heteroatoms. The van der Waals surface area contributed by atoms with E-state index in [0.717, 1.165) is 32.2 Å². The lowest BCUT2D eigenvalue weighted by atomic mass is 9.94. The Labute approximate surface area is 220 Å². The van der Waals surface area contributed by atoms with E-state index in [2.05, 4.69) is 29.9 Å². The molecule has 1 N–H and O–H groups in total. The van der Waals surface area contributed by atoms with Crippen LogP contribution < -0.4 is 14.5 Å². The van der Waals surface area contributed by atoms with Crippen molar-refractivity contribution in [3.05, 3.63) is 36.5 Å². The van der Waals surface area contributed by atoms with E-state index < -0.39 is 15.9 Å². The summed E-state index contributed by atoms with van der Waals surface area (Å²) < 4.78 is 55.0. The molecular weight excluding hydrogens is 514 g/mol. The molecule has 1 spiro atoms. The number of sulfonamides is 1. The van der Waals surface area contributed by atoms with E-state index in [1.807, 2.05) is 23.1 Å². The zero-order chi connectivity index (χ0) is 26.5. The molecule has 1 aliphatic carbocycles. The van der Waals surface area contributed by atoms with Crippen molar-refractivity contribution in [3.8, 4) is 17.1 Å². The van der Waals surface area contributed by atoms with Crippen molar-refractivity contribution in [2.75, 3.05) is 47.0 Å². The van der Waals surface area contributed by atoms with E-state index in [4.69, 9.17) is 0 Å². The van der Waals surface area contributed by atoms with E-state index in [1.165, 1.54) is 12.8 Å². The van der Waals surface area contributed by atoms with Crippen LogP contribution in [0.1, 0.15) is 38.5 Å². The van der Waals surface area contributed by atoms with Crippen molar-refractivity contribution in [3.63, 3.8) is 0 Å². The number of piperidine rings is 2. The van der Waals surface area contributed by atoms with Crippen molar-refractivity contribution in [1.82, 2.24) is 25.0 Å². The number of halogens is 2. The minimum atomic E-state index is -3.48. The standard InChI is InChI=1S/C25H30F2N8O2S/c1-38(36,37)31-21-6-5-20(23(29-21)34-13-9-24(7-8-24)10-14-34)35-17-19(30-32-35)18-3-2-4-22(28-18)33-15-11-25(26,27)12-16-33/h2-6,17H,7-16H2,1H3,(H,29,31). The quantitative estimate of drug-likeness (QED) is 0.500.